The van der Waals surface area contributed by atoms with Crippen LogP contribution in [0.25, 0.3) is 22.4 Å². The van der Waals surface area contributed by atoms with Crippen molar-refractivity contribution in [1.29, 1.82) is 0 Å². The Labute approximate surface area is 158 Å². The maximum absolute atomic E-state index is 12.8. The maximum atomic E-state index is 12.8. The van der Waals surface area contributed by atoms with Crippen molar-refractivity contribution in [3.8, 4) is 11.4 Å². The number of benzene rings is 3. The van der Waals surface area contributed by atoms with Crippen LogP contribution in [0.3, 0.4) is 0 Å². The molecule has 0 unspecified atom stereocenters. The van der Waals surface area contributed by atoms with E-state index < -0.39 is 10.0 Å². The lowest BCUT2D eigenvalue weighted by molar-refractivity contribution is 0.601. The van der Waals surface area contributed by atoms with Crippen molar-refractivity contribution in [2.45, 2.75) is 18.7 Å². The van der Waals surface area contributed by atoms with Crippen LogP contribution in [0.4, 0.5) is 5.69 Å². The molecule has 3 aromatic carbocycles. The number of aromatic nitrogens is 2. The van der Waals surface area contributed by atoms with E-state index in [9.17, 15) is 8.42 Å². The lowest BCUT2D eigenvalue weighted by atomic mass is 10.1. The highest BCUT2D eigenvalue weighted by molar-refractivity contribution is 7.92. The number of hydrogen-bond acceptors (Lipinski definition) is 3. The third-order valence-corrected chi connectivity index (χ3v) is 5.95. The minimum Gasteiger partial charge on any atom is -0.338 e. The molecule has 0 radical (unpaired) electrons. The molecule has 0 aliphatic carbocycles. The van der Waals surface area contributed by atoms with Gasteiger partial charge in [-0.05, 0) is 55.3 Å². The van der Waals surface area contributed by atoms with Gasteiger partial charge in [0.15, 0.2) is 0 Å². The lowest BCUT2D eigenvalue weighted by Gasteiger charge is -2.10. The Kier molecular flexibility index (Phi) is 4.20. The lowest BCUT2D eigenvalue weighted by Crippen LogP contribution is -2.13. The van der Waals surface area contributed by atoms with Gasteiger partial charge in [-0.3, -0.25) is 4.72 Å². The molecule has 5 nitrogen and oxygen atoms in total. The topological polar surface area (TPSA) is 74.8 Å². The van der Waals surface area contributed by atoms with Gasteiger partial charge < -0.3 is 4.98 Å². The number of sulfonamides is 1. The van der Waals surface area contributed by atoms with E-state index >= 15 is 0 Å². The van der Waals surface area contributed by atoms with Crippen LogP contribution in [0.1, 0.15) is 11.1 Å². The number of hydrogen-bond donors (Lipinski definition) is 2. The summed E-state index contributed by atoms with van der Waals surface area (Å²) in [4.78, 5) is 7.93. The molecule has 136 valence electrons. The van der Waals surface area contributed by atoms with Crippen molar-refractivity contribution in [2.75, 3.05) is 4.72 Å². The monoisotopic (exact) mass is 377 g/mol. The Morgan fingerprint density at radius 1 is 0.889 bits per heavy atom. The number of H-pyrrole nitrogens is 1. The predicted octanol–water partition coefficient (Wildman–Crippen LogP) is 4.65. The first-order valence-electron chi connectivity index (χ1n) is 8.58. The zero-order valence-electron chi connectivity index (χ0n) is 15.0. The molecule has 0 fully saturated rings. The Balaban J connectivity index is 1.69. The molecule has 0 amide bonds. The van der Waals surface area contributed by atoms with Gasteiger partial charge in [0.2, 0.25) is 0 Å². The standard InChI is InChI=1S/C21H19N3O2S/c1-14-8-9-17(12-15(14)2)24-27(25,26)18-10-11-19-20(13-18)23-21(22-19)16-6-4-3-5-7-16/h3-13,24H,1-2H3,(H,22,23). The third kappa shape index (κ3) is 3.44. The van der Waals surface area contributed by atoms with E-state index in [1.165, 1.54) is 0 Å². The number of fused-ring (bicyclic) bond motifs is 1. The van der Waals surface area contributed by atoms with E-state index in [2.05, 4.69) is 14.7 Å². The fourth-order valence-electron chi connectivity index (χ4n) is 2.91. The van der Waals surface area contributed by atoms with Crippen LogP contribution in [-0.4, -0.2) is 18.4 Å². The molecule has 0 bridgehead atoms. The van der Waals surface area contributed by atoms with Gasteiger partial charge in [-0.25, -0.2) is 13.4 Å². The Bertz CT molecular complexity index is 1230. The third-order valence-electron chi connectivity index (χ3n) is 4.57. The van der Waals surface area contributed by atoms with Gasteiger partial charge in [0.1, 0.15) is 5.82 Å². The number of aryl methyl sites for hydroxylation is 2. The molecule has 0 atom stereocenters. The van der Waals surface area contributed by atoms with E-state index in [1.807, 2.05) is 56.3 Å². The summed E-state index contributed by atoms with van der Waals surface area (Å²) in [6, 6.07) is 20.1. The van der Waals surface area contributed by atoms with Gasteiger partial charge in [-0.2, -0.15) is 0 Å². The van der Waals surface area contributed by atoms with E-state index in [1.54, 1.807) is 24.3 Å². The molecule has 2 N–H and O–H groups in total. The van der Waals surface area contributed by atoms with Crippen LogP contribution in [0.2, 0.25) is 0 Å². The van der Waals surface area contributed by atoms with Crippen LogP contribution in [0.15, 0.2) is 71.6 Å². The van der Waals surface area contributed by atoms with Crippen LogP contribution in [0, 0.1) is 13.8 Å². The second-order valence-corrected chi connectivity index (χ2v) is 8.22. The van der Waals surface area contributed by atoms with Crippen molar-refractivity contribution in [1.82, 2.24) is 9.97 Å². The largest absolute Gasteiger partial charge is 0.338 e. The molecule has 1 heterocycles. The van der Waals surface area contributed by atoms with Gasteiger partial charge in [0.25, 0.3) is 10.0 Å². The molecular formula is C21H19N3O2S. The van der Waals surface area contributed by atoms with Crippen molar-refractivity contribution in [2.24, 2.45) is 0 Å². The van der Waals surface area contributed by atoms with Crippen LogP contribution in [-0.2, 0) is 10.0 Å². The van der Waals surface area contributed by atoms with Crippen molar-refractivity contribution >= 4 is 26.7 Å². The zero-order valence-corrected chi connectivity index (χ0v) is 15.8. The first-order valence-corrected chi connectivity index (χ1v) is 10.1. The second-order valence-electron chi connectivity index (χ2n) is 6.53. The van der Waals surface area contributed by atoms with E-state index in [-0.39, 0.29) is 4.90 Å². The number of nitrogens with zero attached hydrogens (tertiary/aromatic N) is 1. The molecule has 0 aliphatic heterocycles. The molecule has 1 aromatic heterocycles. The normalized spacial score (nSPS) is 11.6. The smallest absolute Gasteiger partial charge is 0.261 e. The highest BCUT2D eigenvalue weighted by Crippen LogP contribution is 2.24. The molecule has 0 aliphatic rings. The molecule has 4 aromatic rings. The number of anilines is 1. The average molecular weight is 377 g/mol. The van der Waals surface area contributed by atoms with Gasteiger partial charge in [0, 0.05) is 11.3 Å². The summed E-state index contributed by atoms with van der Waals surface area (Å²) < 4.78 is 28.2. The molecule has 0 saturated carbocycles. The minimum absolute atomic E-state index is 0.191. The fourth-order valence-corrected chi connectivity index (χ4v) is 3.98. The van der Waals surface area contributed by atoms with Crippen LogP contribution < -0.4 is 4.72 Å². The Hall–Kier alpha value is -3.12. The molecule has 0 spiro atoms. The maximum Gasteiger partial charge on any atom is 0.261 e. The Morgan fingerprint density at radius 3 is 2.41 bits per heavy atom. The summed E-state index contributed by atoms with van der Waals surface area (Å²) >= 11 is 0. The van der Waals surface area contributed by atoms with E-state index in [0.29, 0.717) is 17.0 Å². The van der Waals surface area contributed by atoms with Crippen molar-refractivity contribution < 1.29 is 8.42 Å². The molecule has 4 rings (SSSR count). The fraction of sp³-hybridized carbons (Fsp3) is 0.0952. The first kappa shape index (κ1) is 17.3. The minimum atomic E-state index is -3.69. The summed E-state index contributed by atoms with van der Waals surface area (Å²) in [6.07, 6.45) is 0. The van der Waals surface area contributed by atoms with Gasteiger partial charge in [-0.15, -0.1) is 0 Å². The highest BCUT2D eigenvalue weighted by Gasteiger charge is 2.16. The van der Waals surface area contributed by atoms with E-state index in [4.69, 9.17) is 0 Å². The molecule has 6 heteroatoms. The SMILES string of the molecule is Cc1ccc(NS(=O)(=O)c2ccc3nc(-c4ccccc4)[nH]c3c2)cc1C. The van der Waals surface area contributed by atoms with Gasteiger partial charge in [-0.1, -0.05) is 36.4 Å². The number of aromatic amines is 1. The van der Waals surface area contributed by atoms with Gasteiger partial charge >= 0.3 is 0 Å². The van der Waals surface area contributed by atoms with Crippen LogP contribution >= 0.6 is 0 Å². The number of nitrogens with one attached hydrogen (secondary N) is 2. The van der Waals surface area contributed by atoms with Crippen LogP contribution in [0.5, 0.6) is 0 Å². The average Bonchev–Trinajstić information content (AvgIpc) is 3.09. The quantitative estimate of drug-likeness (QED) is 0.544. The zero-order chi connectivity index (χ0) is 19.0. The summed E-state index contributed by atoms with van der Waals surface area (Å²) in [5.41, 5.74) is 5.05. The summed E-state index contributed by atoms with van der Waals surface area (Å²) in [5.74, 6) is 0.710. The van der Waals surface area contributed by atoms with Crippen molar-refractivity contribution in [3.63, 3.8) is 0 Å². The van der Waals surface area contributed by atoms with Gasteiger partial charge in [0.05, 0.1) is 15.9 Å². The molecule has 0 saturated heterocycles. The first-order chi connectivity index (χ1) is 12.9. The Morgan fingerprint density at radius 2 is 1.67 bits per heavy atom. The predicted molar refractivity (Wildman–Crippen MR) is 108 cm³/mol. The number of rotatable bonds is 4. The number of imidazole rings is 1. The van der Waals surface area contributed by atoms with Crippen molar-refractivity contribution in [3.05, 3.63) is 77.9 Å². The molecular weight excluding hydrogens is 358 g/mol. The van der Waals surface area contributed by atoms with E-state index in [0.717, 1.165) is 22.2 Å². The second kappa shape index (κ2) is 6.55. The summed E-state index contributed by atoms with van der Waals surface area (Å²) in [6.45, 7) is 3.94. The summed E-state index contributed by atoms with van der Waals surface area (Å²) in [7, 11) is -3.69. The summed E-state index contributed by atoms with van der Waals surface area (Å²) in [5, 5.41) is 0. The molecule has 27 heavy (non-hydrogen) atoms. The highest BCUT2D eigenvalue weighted by atomic mass is 32.2.